The van der Waals surface area contributed by atoms with Crippen LogP contribution in [0.1, 0.15) is 53.5 Å². The highest BCUT2D eigenvalue weighted by atomic mass is 32.2. The van der Waals surface area contributed by atoms with Gasteiger partial charge in [-0.05, 0) is 54.6 Å². The fourth-order valence-electron chi connectivity index (χ4n) is 6.07. The van der Waals surface area contributed by atoms with Gasteiger partial charge in [0.05, 0.1) is 52.3 Å². The van der Waals surface area contributed by atoms with Crippen LogP contribution in [0.25, 0.3) is 0 Å². The smallest absolute Gasteiger partial charge is 0.416 e. The Labute approximate surface area is 431 Å². The van der Waals surface area contributed by atoms with Crippen molar-refractivity contribution in [2.24, 2.45) is 28.2 Å². The Morgan fingerprint density at radius 3 is 1.38 bits per heavy atom. The van der Waals surface area contributed by atoms with E-state index in [1.165, 1.54) is 66.7 Å². The zero-order valence-electron chi connectivity index (χ0n) is 40.8. The minimum Gasteiger partial charge on any atom is -0.475 e. The van der Waals surface area contributed by atoms with Crippen molar-refractivity contribution >= 4 is 78.8 Å². The van der Waals surface area contributed by atoms with Gasteiger partial charge >= 0.3 is 42.4 Å². The van der Waals surface area contributed by atoms with Crippen molar-refractivity contribution < 1.29 is 96.0 Å². The number of alkyl halides is 6. The van der Waals surface area contributed by atoms with Crippen LogP contribution < -0.4 is 21.7 Å². The normalized spacial score (nSPS) is 11.4. The first-order chi connectivity index (χ1) is 35.8. The molecule has 0 bridgehead atoms. The number of rotatable bonds is 15. The number of imidazole rings is 3. The summed E-state index contributed by atoms with van der Waals surface area (Å²) in [4.78, 5) is 80.4. The highest BCUT2D eigenvalue weighted by Crippen LogP contribution is 2.31. The zero-order valence-corrected chi connectivity index (χ0v) is 42.4. The number of aromatic nitrogens is 7. The number of nitrogens with two attached hydrogens (primary N) is 1. The van der Waals surface area contributed by atoms with Crippen molar-refractivity contribution in [3.8, 4) is 0 Å². The van der Waals surface area contributed by atoms with E-state index in [0.717, 1.165) is 28.8 Å². The molecule has 3 amide bonds. The maximum Gasteiger partial charge on any atom is 0.416 e. The second-order valence-electron chi connectivity index (χ2n) is 15.4. The molecule has 0 saturated carbocycles. The minimum atomic E-state index is -4.61. The largest absolute Gasteiger partial charge is 0.475 e. The number of ether oxygens (including phenoxy) is 4. The third-order valence-electron chi connectivity index (χ3n) is 9.78. The lowest BCUT2D eigenvalue weighted by molar-refractivity contribution is -0.138. The number of halogens is 6. The van der Waals surface area contributed by atoms with E-state index < -0.39 is 104 Å². The molecule has 6 aromatic rings. The number of amides is 3. The van der Waals surface area contributed by atoms with E-state index in [9.17, 15) is 71.9 Å². The predicted molar refractivity (Wildman–Crippen MR) is 254 cm³/mol. The van der Waals surface area contributed by atoms with Gasteiger partial charge in [0, 0.05) is 53.0 Å². The quantitative estimate of drug-likeness (QED) is 0.0524. The first kappa shape index (κ1) is 60.6. The summed E-state index contributed by atoms with van der Waals surface area (Å²) in [5.41, 5.74) is 3.85. The Balaban J connectivity index is 0.000000285. The van der Waals surface area contributed by atoms with E-state index >= 15 is 0 Å². The second kappa shape index (κ2) is 25.1. The van der Waals surface area contributed by atoms with E-state index in [-0.39, 0.29) is 44.6 Å². The number of nitrogens with zero attached hydrogens (tertiary/aromatic N) is 7. The number of esters is 2. The number of carbonyl (C=O) groups excluding carboxylic acids is 5. The number of sulfone groups is 2. The molecule has 6 rings (SSSR count). The Morgan fingerprint density at radius 1 is 0.584 bits per heavy atom. The van der Waals surface area contributed by atoms with Gasteiger partial charge in [-0.3, -0.25) is 15.4 Å². The standard InChI is InChI=1S/C22H22F3N5O7S.C15H14F3N3O6S.C6H9N3O2/c1-29-11-14(10-16(29)20(32)36-3)26-19(31)18-27-17(12-30(18)2)28-21(33)37-8-9-38(34,35)15-6-4-13(5-7-15)22(23,24)25;1-21-8-11(19-12(21)13(22)23)20-14(24)27-6-7-28(25,26)10-4-2-9(3-5-10)15(16,17)18;1-9-3-4(7)8-5(9)6(10)11-2/h4-7,10-12H,8-9H2,1-3H3,(H,26,31)(H,28,33);2-5,8H,6-7H2,1H3,(H,20,24)(H,22,23);3H,7H2,1-2H3. The van der Waals surface area contributed by atoms with Gasteiger partial charge in [0.25, 0.3) is 5.91 Å². The van der Waals surface area contributed by atoms with Crippen molar-refractivity contribution in [2.45, 2.75) is 22.1 Å². The summed E-state index contributed by atoms with van der Waals surface area (Å²) < 4.78 is 148. The molecule has 34 heteroatoms. The van der Waals surface area contributed by atoms with Crippen LogP contribution in [0.2, 0.25) is 0 Å². The molecule has 0 saturated heterocycles. The van der Waals surface area contributed by atoms with E-state index in [1.807, 2.05) is 0 Å². The van der Waals surface area contributed by atoms with Crippen LogP contribution in [-0.4, -0.2) is 130 Å². The number of benzene rings is 2. The number of hydrogen-bond acceptors (Lipinski definition) is 18. The molecule has 6 N–H and O–H groups in total. The Morgan fingerprint density at radius 2 is 1.00 bits per heavy atom. The molecule has 0 radical (unpaired) electrons. The van der Waals surface area contributed by atoms with Gasteiger partial charge in [-0.15, -0.1) is 0 Å². The van der Waals surface area contributed by atoms with Crippen molar-refractivity contribution in [1.82, 2.24) is 33.2 Å². The number of aryl methyl sites for hydroxylation is 4. The third kappa shape index (κ3) is 17.0. The molecular weight excluding hydrogens is 1090 g/mol. The van der Waals surface area contributed by atoms with Crippen LogP contribution >= 0.6 is 0 Å². The van der Waals surface area contributed by atoms with E-state index in [4.69, 9.17) is 15.6 Å². The third-order valence-corrected chi connectivity index (χ3v) is 13.2. The summed E-state index contributed by atoms with van der Waals surface area (Å²) in [6.45, 7) is -1.17. The van der Waals surface area contributed by atoms with Gasteiger partial charge in [0.2, 0.25) is 17.5 Å². The molecule has 0 spiro atoms. The van der Waals surface area contributed by atoms with Gasteiger partial charge in [-0.2, -0.15) is 26.3 Å². The van der Waals surface area contributed by atoms with Gasteiger partial charge < -0.3 is 53.4 Å². The monoisotopic (exact) mass is 1130 g/mol. The molecule has 2 aromatic carbocycles. The fourth-order valence-corrected chi connectivity index (χ4v) is 8.25. The molecule has 77 heavy (non-hydrogen) atoms. The van der Waals surface area contributed by atoms with Crippen molar-refractivity contribution in [1.29, 1.82) is 0 Å². The average molecular weight is 1130 g/mol. The van der Waals surface area contributed by atoms with E-state index in [0.29, 0.717) is 35.8 Å². The lowest BCUT2D eigenvalue weighted by atomic mass is 10.2. The Bertz CT molecular complexity index is 3350. The van der Waals surface area contributed by atoms with Crippen LogP contribution in [0.4, 0.5) is 59.1 Å². The van der Waals surface area contributed by atoms with Gasteiger partial charge in [-0.25, -0.2) is 55.8 Å². The van der Waals surface area contributed by atoms with Gasteiger partial charge in [-0.1, -0.05) is 0 Å². The zero-order chi connectivity index (χ0) is 57.8. The van der Waals surface area contributed by atoms with Crippen molar-refractivity contribution in [3.63, 3.8) is 0 Å². The van der Waals surface area contributed by atoms with E-state index in [1.54, 1.807) is 20.3 Å². The van der Waals surface area contributed by atoms with Gasteiger partial charge in [0.15, 0.2) is 31.3 Å². The summed E-state index contributed by atoms with van der Waals surface area (Å²) in [6, 6.07) is 7.26. The second-order valence-corrected chi connectivity index (χ2v) is 19.6. The molecule has 416 valence electrons. The Hall–Kier alpha value is -8.95. The molecule has 0 aliphatic heterocycles. The molecule has 0 fully saturated rings. The Kier molecular flexibility index (Phi) is 19.7. The number of nitrogens with one attached hydrogen (secondary N) is 3. The number of aromatic carboxylic acids is 1. The van der Waals surface area contributed by atoms with Crippen molar-refractivity contribution in [3.05, 3.63) is 114 Å². The fraction of sp³-hybridized carbons (Fsp3) is 0.279. The highest BCUT2D eigenvalue weighted by molar-refractivity contribution is 7.91. The number of carboxylic acid groups (broad SMARTS) is 1. The lowest BCUT2D eigenvalue weighted by Crippen LogP contribution is -2.20. The topological polar surface area (TPSA) is 348 Å². The number of anilines is 4. The maximum absolute atomic E-state index is 12.7. The molecule has 0 aliphatic carbocycles. The summed E-state index contributed by atoms with van der Waals surface area (Å²) in [7, 11) is 0.670. The summed E-state index contributed by atoms with van der Waals surface area (Å²) in [5.74, 6) is -4.48. The first-order valence-electron chi connectivity index (χ1n) is 21.2. The number of carbonyl (C=O) groups is 6. The van der Waals surface area contributed by atoms with Crippen LogP contribution in [0, 0.1) is 0 Å². The number of carboxylic acids is 1. The minimum absolute atomic E-state index is 0.0726. The molecule has 0 unspecified atom stereocenters. The van der Waals surface area contributed by atoms with Crippen LogP contribution in [0.3, 0.4) is 0 Å². The number of methoxy groups -OCH3 is 2. The van der Waals surface area contributed by atoms with E-state index in [2.05, 4.69) is 45.1 Å². The maximum atomic E-state index is 12.7. The van der Waals surface area contributed by atoms with Crippen LogP contribution in [0.5, 0.6) is 0 Å². The summed E-state index contributed by atoms with van der Waals surface area (Å²) in [6.07, 6.45) is -5.78. The number of hydrogen-bond donors (Lipinski definition) is 5. The molecule has 0 atom stereocenters. The molecule has 26 nitrogen and oxygen atoms in total. The molecule has 0 aliphatic rings. The SMILES string of the molecule is COC(=O)c1cc(NC(=O)c2nc(NC(=O)OCCS(=O)(=O)c3ccc(C(F)(F)F)cc3)cn2C)cn1C.COC(=O)c1nc(N)cn1C.Cn1cc(NC(=O)OCCS(=O)(=O)c2ccc(C(F)(F)F)cc2)nc1C(=O)O. The first-order valence-corrected chi connectivity index (χ1v) is 24.5. The molecule has 4 heterocycles. The van der Waals surface area contributed by atoms with Gasteiger partial charge in [0.1, 0.15) is 24.7 Å². The summed E-state index contributed by atoms with van der Waals surface area (Å²) in [5, 5.41) is 15.8. The number of nitrogen functional groups attached to an aromatic ring is 1. The molecule has 4 aromatic heterocycles. The van der Waals surface area contributed by atoms with Crippen LogP contribution in [0.15, 0.2) is 89.2 Å². The van der Waals surface area contributed by atoms with Crippen molar-refractivity contribution in [2.75, 3.05) is 60.6 Å². The predicted octanol–water partition coefficient (Wildman–Crippen LogP) is 4.79. The summed E-state index contributed by atoms with van der Waals surface area (Å²) >= 11 is 0. The lowest BCUT2D eigenvalue weighted by Gasteiger charge is -2.09. The van der Waals surface area contributed by atoms with Crippen LogP contribution in [-0.2, 0) is 79.2 Å². The molecular formula is C43H45F6N11O15S2. The highest BCUT2D eigenvalue weighted by Gasteiger charge is 2.32. The average Bonchev–Trinajstić information content (AvgIpc) is 4.11.